The van der Waals surface area contributed by atoms with Crippen LogP contribution >= 0.6 is 11.6 Å². The van der Waals surface area contributed by atoms with Crippen LogP contribution in [0.4, 0.5) is 0 Å². The number of halogens is 1. The SMILES string of the molecule is C=C(C(=O)O)C1CCCN1Cc1cc(Cl)c(OCc2cccc(-c3ccc4c(c3)OCCO4)c2C)cc1OCc1cccc(C#N)c1. The van der Waals surface area contributed by atoms with Crippen LogP contribution in [0, 0.1) is 18.3 Å². The van der Waals surface area contributed by atoms with Crippen LogP contribution in [0.5, 0.6) is 23.0 Å². The molecule has 0 radical (unpaired) electrons. The summed E-state index contributed by atoms with van der Waals surface area (Å²) in [4.78, 5) is 13.8. The molecule has 9 heteroatoms. The van der Waals surface area contributed by atoms with Gasteiger partial charge in [0, 0.05) is 29.8 Å². The van der Waals surface area contributed by atoms with Crippen LogP contribution in [-0.4, -0.2) is 41.8 Å². The van der Waals surface area contributed by atoms with Crippen molar-refractivity contribution in [2.75, 3.05) is 19.8 Å². The van der Waals surface area contributed by atoms with Gasteiger partial charge in [0.15, 0.2) is 11.5 Å². The standard InChI is InChI=1S/C38H35ClN2O6/c1-24-29(8-4-9-31(24)28-11-12-34-37(18-28)45-15-14-44-34)23-47-36-19-35(46-22-27-7-3-6-26(16-27)20-40)30(17-32(36)39)21-41-13-5-10-33(41)25(2)38(42)43/h3-4,6-9,11-12,16-19,33H,2,5,10,13-15,21-23H2,1H3,(H,42,43). The van der Waals surface area contributed by atoms with E-state index in [2.05, 4.69) is 30.5 Å². The van der Waals surface area contributed by atoms with E-state index in [1.54, 1.807) is 18.2 Å². The number of carboxylic acids is 1. The number of fused-ring (bicyclic) bond motifs is 1. The minimum atomic E-state index is -0.995. The zero-order valence-electron chi connectivity index (χ0n) is 26.1. The number of nitriles is 1. The highest BCUT2D eigenvalue weighted by Gasteiger charge is 2.31. The molecule has 0 amide bonds. The van der Waals surface area contributed by atoms with Crippen LogP contribution in [0.15, 0.2) is 84.9 Å². The summed E-state index contributed by atoms with van der Waals surface area (Å²) in [5.74, 6) is 1.53. The summed E-state index contributed by atoms with van der Waals surface area (Å²) >= 11 is 6.82. The van der Waals surface area contributed by atoms with E-state index in [0.717, 1.165) is 64.3 Å². The summed E-state index contributed by atoms with van der Waals surface area (Å²) in [6, 6.07) is 24.9. The fraction of sp³-hybridized carbons (Fsp3) is 0.263. The third-order valence-corrected chi connectivity index (χ3v) is 8.96. The molecule has 0 bridgehead atoms. The Balaban J connectivity index is 1.25. The number of benzene rings is 4. The maximum atomic E-state index is 11.7. The van der Waals surface area contributed by atoms with Crippen molar-refractivity contribution in [3.05, 3.63) is 118 Å². The average molecular weight is 651 g/mol. The van der Waals surface area contributed by atoms with Gasteiger partial charge in [0.25, 0.3) is 0 Å². The van der Waals surface area contributed by atoms with E-state index in [1.807, 2.05) is 48.5 Å². The van der Waals surface area contributed by atoms with Gasteiger partial charge in [-0.1, -0.05) is 54.6 Å². The molecular formula is C38H35ClN2O6. The van der Waals surface area contributed by atoms with Crippen molar-refractivity contribution in [3.63, 3.8) is 0 Å². The molecule has 1 saturated heterocycles. The monoisotopic (exact) mass is 650 g/mol. The van der Waals surface area contributed by atoms with Gasteiger partial charge >= 0.3 is 5.97 Å². The van der Waals surface area contributed by atoms with Crippen molar-refractivity contribution < 1.29 is 28.8 Å². The number of nitrogens with zero attached hydrogens (tertiary/aromatic N) is 2. The van der Waals surface area contributed by atoms with Crippen LogP contribution in [0.3, 0.4) is 0 Å². The molecule has 47 heavy (non-hydrogen) atoms. The first kappa shape index (κ1) is 32.0. The van der Waals surface area contributed by atoms with Crippen molar-refractivity contribution in [2.24, 2.45) is 0 Å². The predicted octanol–water partition coefficient (Wildman–Crippen LogP) is 7.72. The first-order chi connectivity index (χ1) is 22.8. The van der Waals surface area contributed by atoms with E-state index >= 15 is 0 Å². The van der Waals surface area contributed by atoms with Gasteiger partial charge in [0.2, 0.25) is 0 Å². The van der Waals surface area contributed by atoms with Crippen LogP contribution < -0.4 is 18.9 Å². The maximum absolute atomic E-state index is 11.7. The largest absolute Gasteiger partial charge is 0.488 e. The smallest absolute Gasteiger partial charge is 0.332 e. The van der Waals surface area contributed by atoms with Crippen molar-refractivity contribution >= 4 is 17.6 Å². The second kappa shape index (κ2) is 14.2. The topological polar surface area (TPSA) is 101 Å². The molecule has 0 saturated carbocycles. The molecule has 0 aromatic heterocycles. The van der Waals surface area contributed by atoms with E-state index in [1.165, 1.54) is 0 Å². The predicted molar refractivity (Wildman–Crippen MR) is 179 cm³/mol. The van der Waals surface area contributed by atoms with Crippen LogP contribution in [-0.2, 0) is 24.6 Å². The molecule has 8 nitrogen and oxygen atoms in total. The molecule has 2 aliphatic heterocycles. The molecule has 1 fully saturated rings. The Morgan fingerprint density at radius 1 is 1.00 bits per heavy atom. The van der Waals surface area contributed by atoms with Gasteiger partial charge in [-0.2, -0.15) is 5.26 Å². The summed E-state index contributed by atoms with van der Waals surface area (Å²) in [6.07, 6.45) is 1.59. The van der Waals surface area contributed by atoms with E-state index in [4.69, 9.17) is 30.5 Å². The Morgan fingerprint density at radius 2 is 1.79 bits per heavy atom. The second-order valence-corrected chi connectivity index (χ2v) is 12.1. The lowest BCUT2D eigenvalue weighted by Gasteiger charge is -2.26. The number of likely N-dealkylation sites (tertiary alicyclic amines) is 1. The number of carboxylic acid groups (broad SMARTS) is 1. The molecule has 240 valence electrons. The van der Waals surface area contributed by atoms with E-state index < -0.39 is 5.97 Å². The summed E-state index contributed by atoms with van der Waals surface area (Å²) in [7, 11) is 0. The third kappa shape index (κ3) is 7.22. The number of ether oxygens (including phenoxy) is 4. The third-order valence-electron chi connectivity index (χ3n) is 8.66. The first-order valence-electron chi connectivity index (χ1n) is 15.5. The number of hydrogen-bond acceptors (Lipinski definition) is 7. The zero-order chi connectivity index (χ0) is 32.9. The van der Waals surface area contributed by atoms with Crippen LogP contribution in [0.2, 0.25) is 5.02 Å². The van der Waals surface area contributed by atoms with E-state index in [-0.39, 0.29) is 24.8 Å². The molecule has 0 aliphatic carbocycles. The van der Waals surface area contributed by atoms with Crippen molar-refractivity contribution in [1.29, 1.82) is 5.26 Å². The quantitative estimate of drug-likeness (QED) is 0.165. The Bertz CT molecular complexity index is 1870. The summed E-state index contributed by atoms with van der Waals surface area (Å²) in [5, 5.41) is 19.4. The second-order valence-electron chi connectivity index (χ2n) is 11.7. The average Bonchev–Trinajstić information content (AvgIpc) is 3.55. The minimum absolute atomic E-state index is 0.179. The Hall–Kier alpha value is -4.97. The highest BCUT2D eigenvalue weighted by Crippen LogP contribution is 2.38. The maximum Gasteiger partial charge on any atom is 0.332 e. The molecule has 2 heterocycles. The lowest BCUT2D eigenvalue weighted by atomic mass is 9.96. The molecule has 0 spiro atoms. The molecule has 4 aromatic carbocycles. The minimum Gasteiger partial charge on any atom is -0.488 e. The van der Waals surface area contributed by atoms with Crippen molar-refractivity contribution in [3.8, 4) is 40.2 Å². The molecule has 6 rings (SSSR count). The zero-order valence-corrected chi connectivity index (χ0v) is 26.9. The van der Waals surface area contributed by atoms with Gasteiger partial charge in [-0.3, -0.25) is 4.90 Å². The molecule has 1 unspecified atom stereocenters. The van der Waals surface area contributed by atoms with Crippen molar-refractivity contribution in [2.45, 2.75) is 45.6 Å². The van der Waals surface area contributed by atoms with Gasteiger partial charge in [-0.15, -0.1) is 0 Å². The molecule has 1 atom stereocenters. The normalized spacial score (nSPS) is 15.6. The van der Waals surface area contributed by atoms with Gasteiger partial charge in [0.1, 0.15) is 37.9 Å². The Kier molecular flexibility index (Phi) is 9.67. The number of rotatable bonds is 11. The lowest BCUT2D eigenvalue weighted by Crippen LogP contribution is -2.32. The number of hydrogen-bond donors (Lipinski definition) is 1. The summed E-state index contributed by atoms with van der Waals surface area (Å²) < 4.78 is 24.1. The van der Waals surface area contributed by atoms with E-state index in [9.17, 15) is 15.2 Å². The molecule has 2 aliphatic rings. The van der Waals surface area contributed by atoms with E-state index in [0.29, 0.717) is 41.8 Å². The number of carbonyl (C=O) groups is 1. The highest BCUT2D eigenvalue weighted by atomic mass is 35.5. The summed E-state index contributed by atoms with van der Waals surface area (Å²) in [5.41, 5.74) is 6.54. The van der Waals surface area contributed by atoms with Gasteiger partial charge < -0.3 is 24.1 Å². The Morgan fingerprint density at radius 3 is 2.60 bits per heavy atom. The van der Waals surface area contributed by atoms with Gasteiger partial charge in [0.05, 0.1) is 16.7 Å². The van der Waals surface area contributed by atoms with Gasteiger partial charge in [-0.05, 0) is 84.5 Å². The van der Waals surface area contributed by atoms with Crippen LogP contribution in [0.1, 0.15) is 40.7 Å². The van der Waals surface area contributed by atoms with Crippen LogP contribution in [0.25, 0.3) is 11.1 Å². The Labute approximate surface area is 279 Å². The summed E-state index contributed by atoms with van der Waals surface area (Å²) in [6.45, 7) is 8.63. The van der Waals surface area contributed by atoms with Crippen molar-refractivity contribution in [1.82, 2.24) is 4.90 Å². The lowest BCUT2D eigenvalue weighted by molar-refractivity contribution is -0.133. The fourth-order valence-electron chi connectivity index (χ4n) is 6.13. The fourth-order valence-corrected chi connectivity index (χ4v) is 6.37. The number of aliphatic carboxylic acids is 1. The first-order valence-corrected chi connectivity index (χ1v) is 15.9. The van der Waals surface area contributed by atoms with Gasteiger partial charge in [-0.25, -0.2) is 4.79 Å². The highest BCUT2D eigenvalue weighted by molar-refractivity contribution is 6.32. The molecule has 1 N–H and O–H groups in total. The molecule has 4 aromatic rings. The molecular weight excluding hydrogens is 616 g/mol.